The van der Waals surface area contributed by atoms with Gasteiger partial charge < -0.3 is 14.2 Å². The van der Waals surface area contributed by atoms with Crippen LogP contribution in [0.15, 0.2) is 41.3 Å². The van der Waals surface area contributed by atoms with Crippen molar-refractivity contribution in [1.29, 1.82) is 0 Å². The number of methoxy groups -OCH3 is 1. The summed E-state index contributed by atoms with van der Waals surface area (Å²) in [5.41, 5.74) is 3.63. The van der Waals surface area contributed by atoms with Gasteiger partial charge in [-0.3, -0.25) is 29.5 Å². The van der Waals surface area contributed by atoms with Gasteiger partial charge in [-0.05, 0) is 74.1 Å². The van der Waals surface area contributed by atoms with Crippen molar-refractivity contribution in [2.75, 3.05) is 51.3 Å². The van der Waals surface area contributed by atoms with E-state index < -0.39 is 30.1 Å². The van der Waals surface area contributed by atoms with Gasteiger partial charge in [-0.1, -0.05) is 6.07 Å². The fraction of sp³-hybridized carbons (Fsp3) is 0.486. The van der Waals surface area contributed by atoms with Crippen LogP contribution in [0.4, 0.5) is 23.2 Å². The molecule has 1 aromatic heterocycles. The average Bonchev–Trinajstić information content (AvgIpc) is 3.07. The number of piperazine rings is 1. The summed E-state index contributed by atoms with van der Waals surface area (Å²) < 4.78 is 69.3. The summed E-state index contributed by atoms with van der Waals surface area (Å²) in [6, 6.07) is 6.91. The molecule has 2 amide bonds. The summed E-state index contributed by atoms with van der Waals surface area (Å²) in [5.74, 6) is -4.82. The maximum absolute atomic E-state index is 15.7. The number of benzene rings is 2. The monoisotopic (exact) mass is 697 g/mol. The highest BCUT2D eigenvalue weighted by atomic mass is 19.3. The lowest BCUT2D eigenvalue weighted by atomic mass is 9.91. The molecule has 2 atom stereocenters. The van der Waals surface area contributed by atoms with Crippen LogP contribution in [0.25, 0.3) is 11.1 Å². The molecule has 0 bridgehead atoms. The summed E-state index contributed by atoms with van der Waals surface area (Å²) in [4.78, 5) is 41.1. The third-order valence-corrected chi connectivity index (χ3v) is 10.6. The summed E-state index contributed by atoms with van der Waals surface area (Å²) in [5, 5.41) is 2.33. The van der Waals surface area contributed by atoms with E-state index in [0.717, 1.165) is 5.56 Å². The molecule has 3 aliphatic heterocycles. The second-order valence-corrected chi connectivity index (χ2v) is 13.8. The van der Waals surface area contributed by atoms with E-state index in [1.807, 2.05) is 4.90 Å². The van der Waals surface area contributed by atoms with Gasteiger partial charge in [0.15, 0.2) is 0 Å². The molecule has 0 spiro atoms. The van der Waals surface area contributed by atoms with E-state index in [1.165, 1.54) is 23.8 Å². The van der Waals surface area contributed by atoms with Crippen molar-refractivity contribution in [3.05, 3.63) is 80.8 Å². The zero-order chi connectivity index (χ0) is 35.9. The smallest absolute Gasteiger partial charge is 0.275 e. The minimum Gasteiger partial charge on any atom is -0.496 e. The Balaban J connectivity index is 1.07. The van der Waals surface area contributed by atoms with Gasteiger partial charge in [0, 0.05) is 81.5 Å². The SMILES string of the molecule is COc1cc(-c2cn(C)c(=O)c(C)c2C)cc(F)c1CN1CCC(N2CCN(c3ccc(CC4CCC(=O)NC4=O)cc3F)CC2)C(F)(F)C1. The summed E-state index contributed by atoms with van der Waals surface area (Å²) >= 11 is 0. The fourth-order valence-corrected chi connectivity index (χ4v) is 7.60. The summed E-state index contributed by atoms with van der Waals surface area (Å²) in [6.07, 6.45) is 2.87. The fourth-order valence-electron chi connectivity index (χ4n) is 7.60. The molecule has 4 heterocycles. The first kappa shape index (κ1) is 35.6. The number of piperidine rings is 2. The van der Waals surface area contributed by atoms with E-state index in [-0.39, 0.29) is 54.0 Å². The number of nitrogens with one attached hydrogen (secondary N) is 1. The van der Waals surface area contributed by atoms with E-state index in [4.69, 9.17) is 4.74 Å². The van der Waals surface area contributed by atoms with E-state index in [9.17, 15) is 14.4 Å². The lowest BCUT2D eigenvalue weighted by Gasteiger charge is -2.46. The number of carbonyl (C=O) groups is 2. The molecule has 2 unspecified atom stereocenters. The second kappa shape index (κ2) is 14.2. The van der Waals surface area contributed by atoms with Crippen molar-refractivity contribution < 1.29 is 31.9 Å². The molecule has 6 rings (SSSR count). The van der Waals surface area contributed by atoms with Crippen molar-refractivity contribution in [3.8, 4) is 16.9 Å². The summed E-state index contributed by atoms with van der Waals surface area (Å²) in [7, 11) is 3.06. The van der Waals surface area contributed by atoms with E-state index in [0.29, 0.717) is 73.5 Å². The number of pyridine rings is 1. The van der Waals surface area contributed by atoms with Crippen molar-refractivity contribution in [3.63, 3.8) is 0 Å². The van der Waals surface area contributed by atoms with Crippen LogP contribution >= 0.6 is 0 Å². The van der Waals surface area contributed by atoms with Gasteiger partial charge >= 0.3 is 0 Å². The number of nitrogens with zero attached hydrogens (tertiary/aromatic N) is 4. The molecule has 0 saturated carbocycles. The zero-order valence-corrected chi connectivity index (χ0v) is 28.8. The van der Waals surface area contributed by atoms with Crippen molar-refractivity contribution in [2.45, 2.75) is 58.0 Å². The van der Waals surface area contributed by atoms with Gasteiger partial charge in [0.1, 0.15) is 17.4 Å². The van der Waals surface area contributed by atoms with Crippen molar-refractivity contribution in [1.82, 2.24) is 19.7 Å². The molecule has 268 valence electrons. The predicted octanol–water partition coefficient (Wildman–Crippen LogP) is 4.58. The predicted molar refractivity (Wildman–Crippen MR) is 181 cm³/mol. The van der Waals surface area contributed by atoms with Crippen molar-refractivity contribution in [2.24, 2.45) is 13.0 Å². The Labute approximate surface area is 288 Å². The molecule has 2 aromatic carbocycles. The number of amides is 2. The van der Waals surface area contributed by atoms with Crippen LogP contribution in [0.5, 0.6) is 5.75 Å². The average molecular weight is 698 g/mol. The molecule has 9 nitrogen and oxygen atoms in total. The van der Waals surface area contributed by atoms with E-state index >= 15 is 17.6 Å². The molecule has 3 fully saturated rings. The lowest BCUT2D eigenvalue weighted by Crippen LogP contribution is -2.61. The number of likely N-dealkylation sites (tertiary alicyclic amines) is 1. The number of hydrogen-bond donors (Lipinski definition) is 1. The van der Waals surface area contributed by atoms with Crippen LogP contribution in [-0.4, -0.2) is 84.5 Å². The molecule has 13 heteroatoms. The first-order valence-corrected chi connectivity index (χ1v) is 17.0. The van der Waals surface area contributed by atoms with Crippen LogP contribution < -0.4 is 20.5 Å². The lowest BCUT2D eigenvalue weighted by molar-refractivity contribution is -0.136. The van der Waals surface area contributed by atoms with Crippen molar-refractivity contribution >= 4 is 17.5 Å². The topological polar surface area (TPSA) is 87.1 Å². The number of ether oxygens (including phenoxy) is 1. The number of alkyl halides is 2. The number of halogens is 4. The van der Waals surface area contributed by atoms with Gasteiger partial charge in [-0.25, -0.2) is 17.6 Å². The van der Waals surface area contributed by atoms with E-state index in [1.54, 1.807) is 55.1 Å². The Hall–Kier alpha value is -4.23. The number of anilines is 1. The van der Waals surface area contributed by atoms with Gasteiger partial charge in [-0.15, -0.1) is 0 Å². The largest absolute Gasteiger partial charge is 0.496 e. The molecule has 0 radical (unpaired) electrons. The van der Waals surface area contributed by atoms with Crippen LogP contribution in [0.2, 0.25) is 0 Å². The number of carbonyl (C=O) groups excluding carboxylic acids is 2. The quantitative estimate of drug-likeness (QED) is 0.273. The Morgan fingerprint density at radius 2 is 1.68 bits per heavy atom. The number of rotatable bonds is 8. The molecule has 1 N–H and O–H groups in total. The highest BCUT2D eigenvalue weighted by Crippen LogP contribution is 2.37. The maximum atomic E-state index is 15.7. The summed E-state index contributed by atoms with van der Waals surface area (Å²) in [6.45, 7) is 4.72. The highest BCUT2D eigenvalue weighted by Gasteiger charge is 2.48. The van der Waals surface area contributed by atoms with Crippen LogP contribution in [0, 0.1) is 31.4 Å². The Morgan fingerprint density at radius 1 is 0.940 bits per heavy atom. The van der Waals surface area contributed by atoms with Gasteiger partial charge in [0.2, 0.25) is 11.8 Å². The molecular formula is C37H43F4N5O4. The van der Waals surface area contributed by atoms with E-state index in [2.05, 4.69) is 5.32 Å². The number of hydrogen-bond acceptors (Lipinski definition) is 7. The first-order chi connectivity index (χ1) is 23.7. The minimum atomic E-state index is -3.06. The molecular weight excluding hydrogens is 654 g/mol. The number of aryl methyl sites for hydroxylation is 1. The minimum absolute atomic E-state index is 0.0462. The normalized spacial score (nSPS) is 21.7. The van der Waals surface area contributed by atoms with Crippen LogP contribution in [0.1, 0.15) is 41.5 Å². The number of aromatic nitrogens is 1. The molecule has 3 saturated heterocycles. The maximum Gasteiger partial charge on any atom is 0.275 e. The zero-order valence-electron chi connectivity index (χ0n) is 28.8. The second-order valence-electron chi connectivity index (χ2n) is 13.8. The Kier molecular flexibility index (Phi) is 10.1. The van der Waals surface area contributed by atoms with Crippen LogP contribution in [0.3, 0.4) is 0 Å². The molecule has 50 heavy (non-hydrogen) atoms. The third-order valence-electron chi connectivity index (χ3n) is 10.6. The molecule has 3 aromatic rings. The first-order valence-electron chi connectivity index (χ1n) is 17.0. The van der Waals surface area contributed by atoms with Crippen LogP contribution in [-0.2, 0) is 29.6 Å². The Morgan fingerprint density at radius 3 is 2.34 bits per heavy atom. The molecule has 0 aliphatic carbocycles. The van der Waals surface area contributed by atoms with Gasteiger partial charge in [0.25, 0.3) is 11.5 Å². The highest BCUT2D eigenvalue weighted by molar-refractivity contribution is 5.98. The van der Waals surface area contributed by atoms with Gasteiger partial charge in [-0.2, -0.15) is 0 Å². The third kappa shape index (κ3) is 7.16. The standard InChI is InChI=1S/C37H43F4N5O4/c1-22-23(2)36(49)43(3)19-27(22)26-17-29(38)28(32(18-26)50-4)20-44-10-9-33(37(40,41)21-44)46-13-11-45(12-14-46)31-7-5-24(16-30(31)39)15-25-6-8-34(47)42-35(25)48/h5,7,16-19,25,33H,6,8-15,20-21H2,1-4H3,(H,42,47,48). The Bertz CT molecular complexity index is 1860. The number of imide groups is 1. The van der Waals surface area contributed by atoms with Gasteiger partial charge in [0.05, 0.1) is 25.4 Å². The molecule has 3 aliphatic rings.